The van der Waals surface area contributed by atoms with Crippen LogP contribution in [0, 0.1) is 10.1 Å². The van der Waals surface area contributed by atoms with E-state index in [2.05, 4.69) is 4.84 Å². The summed E-state index contributed by atoms with van der Waals surface area (Å²) >= 11 is 0. The maximum absolute atomic E-state index is 11.2. The number of hydrogen-bond acceptors (Lipinski definition) is 7. The molecule has 3 heterocycles. The molecular formula is C11H16N2O7. The molecule has 3 rings (SSSR count). The molecule has 9 nitrogen and oxygen atoms in total. The minimum absolute atomic E-state index is 0.0956. The number of carbonyl (C=O) groups is 1. The summed E-state index contributed by atoms with van der Waals surface area (Å²) in [6.07, 6.45) is -0.163. The molecule has 0 saturated carbocycles. The topological polar surface area (TPSA) is 111 Å². The second-order valence-electron chi connectivity index (χ2n) is 5.26. The first-order valence-corrected chi connectivity index (χ1v) is 6.61. The molecule has 0 aliphatic carbocycles. The summed E-state index contributed by atoms with van der Waals surface area (Å²) in [5, 5.41) is 18.8. The van der Waals surface area contributed by atoms with Crippen molar-refractivity contribution in [1.29, 1.82) is 0 Å². The van der Waals surface area contributed by atoms with Crippen molar-refractivity contribution in [3.8, 4) is 0 Å². The lowest BCUT2D eigenvalue weighted by atomic mass is 10.1. The Morgan fingerprint density at radius 3 is 2.80 bits per heavy atom. The maximum atomic E-state index is 11.2. The van der Waals surface area contributed by atoms with Crippen LogP contribution in [0.25, 0.3) is 0 Å². The van der Waals surface area contributed by atoms with Gasteiger partial charge in [-0.2, -0.15) is 0 Å². The first-order valence-electron chi connectivity index (χ1n) is 6.61. The Labute approximate surface area is 114 Å². The van der Waals surface area contributed by atoms with Crippen LogP contribution in [0.1, 0.15) is 12.8 Å². The number of carboxylic acid groups (broad SMARTS) is 1. The number of carboxylic acids is 1. The lowest BCUT2D eigenvalue weighted by Crippen LogP contribution is -2.49. The average Bonchev–Trinajstić information content (AvgIpc) is 3.04. The first-order chi connectivity index (χ1) is 9.58. The second kappa shape index (κ2) is 5.15. The second-order valence-corrected chi connectivity index (χ2v) is 5.26. The summed E-state index contributed by atoms with van der Waals surface area (Å²) in [5.74, 6) is -0.845. The van der Waals surface area contributed by atoms with Gasteiger partial charge < -0.3 is 19.4 Å². The molecule has 0 aromatic rings. The highest BCUT2D eigenvalue weighted by atomic mass is 17.0. The van der Waals surface area contributed by atoms with Crippen LogP contribution in [0.15, 0.2) is 0 Å². The van der Waals surface area contributed by atoms with E-state index in [0.29, 0.717) is 19.6 Å². The fraction of sp³-hybridized carbons (Fsp3) is 0.909. The fourth-order valence-electron chi connectivity index (χ4n) is 3.38. The van der Waals surface area contributed by atoms with Crippen molar-refractivity contribution in [1.82, 2.24) is 4.90 Å². The highest BCUT2D eigenvalue weighted by Gasteiger charge is 2.53. The number of hydrogen-bond donors (Lipinski definition) is 1. The summed E-state index contributed by atoms with van der Waals surface area (Å²) < 4.78 is 11.1. The van der Waals surface area contributed by atoms with Crippen LogP contribution >= 0.6 is 0 Å². The zero-order valence-corrected chi connectivity index (χ0v) is 10.7. The minimum Gasteiger partial charge on any atom is -0.480 e. The van der Waals surface area contributed by atoms with E-state index < -0.39 is 29.3 Å². The number of ether oxygens (including phenoxy) is 2. The standard InChI is InChI=1S/C11H16N2O7/c14-11(15)6-2-1-3-12(6)7-4-18-10-8(20-13(16)17)5-19-9(7)10/h6-10H,1-5H2,(H,14,15)/t6-,7-,8+,9-,10+/m0/s1. The van der Waals surface area contributed by atoms with Crippen molar-refractivity contribution in [2.75, 3.05) is 19.8 Å². The summed E-state index contributed by atoms with van der Waals surface area (Å²) in [4.78, 5) is 28.1. The third-order valence-electron chi connectivity index (χ3n) is 4.21. The lowest BCUT2D eigenvalue weighted by molar-refractivity contribution is -0.769. The minimum atomic E-state index is -0.845. The van der Waals surface area contributed by atoms with Crippen molar-refractivity contribution in [2.24, 2.45) is 0 Å². The van der Waals surface area contributed by atoms with Crippen LogP contribution in [0.4, 0.5) is 0 Å². The predicted octanol–water partition coefficient (Wildman–Crippen LogP) is -0.721. The molecule has 3 fully saturated rings. The van der Waals surface area contributed by atoms with E-state index in [1.54, 1.807) is 0 Å². The largest absolute Gasteiger partial charge is 0.480 e. The Hall–Kier alpha value is -1.45. The van der Waals surface area contributed by atoms with Crippen LogP contribution in [0.5, 0.6) is 0 Å². The van der Waals surface area contributed by atoms with Gasteiger partial charge in [-0.15, -0.1) is 10.1 Å². The number of nitrogens with zero attached hydrogens (tertiary/aromatic N) is 2. The quantitative estimate of drug-likeness (QED) is 0.533. The van der Waals surface area contributed by atoms with Gasteiger partial charge in [-0.1, -0.05) is 0 Å². The summed E-state index contributed by atoms with van der Waals surface area (Å²) in [6.45, 7) is 1.09. The average molecular weight is 288 g/mol. The van der Waals surface area contributed by atoms with Gasteiger partial charge in [-0.25, -0.2) is 0 Å². The Kier molecular flexibility index (Phi) is 3.48. The summed E-state index contributed by atoms with van der Waals surface area (Å²) in [5.41, 5.74) is 0. The molecule has 0 aromatic heterocycles. The van der Waals surface area contributed by atoms with Gasteiger partial charge in [-0.3, -0.25) is 9.69 Å². The molecule has 20 heavy (non-hydrogen) atoms. The van der Waals surface area contributed by atoms with Crippen LogP contribution in [-0.2, 0) is 19.1 Å². The molecule has 5 atom stereocenters. The molecule has 3 saturated heterocycles. The van der Waals surface area contributed by atoms with E-state index in [4.69, 9.17) is 9.47 Å². The summed E-state index contributed by atoms with van der Waals surface area (Å²) in [7, 11) is 0. The van der Waals surface area contributed by atoms with Crippen LogP contribution in [-0.4, -0.2) is 71.2 Å². The number of likely N-dealkylation sites (tertiary alicyclic amines) is 1. The van der Waals surface area contributed by atoms with E-state index in [1.807, 2.05) is 4.90 Å². The molecule has 3 aliphatic rings. The Balaban J connectivity index is 1.69. The van der Waals surface area contributed by atoms with E-state index in [9.17, 15) is 20.0 Å². The maximum Gasteiger partial charge on any atom is 0.320 e. The molecule has 1 N–H and O–H groups in total. The van der Waals surface area contributed by atoms with Crippen molar-refractivity contribution >= 4 is 5.97 Å². The molecule has 3 aliphatic heterocycles. The van der Waals surface area contributed by atoms with Gasteiger partial charge in [0.25, 0.3) is 5.09 Å². The van der Waals surface area contributed by atoms with Gasteiger partial charge in [0, 0.05) is 0 Å². The Bertz CT molecular complexity index is 418. The summed E-state index contributed by atoms with van der Waals surface area (Å²) in [6, 6.07) is -0.703. The molecule has 112 valence electrons. The SMILES string of the molecule is O=C(O)[C@@H]1CCCN1[C@H]1CO[C@H]2[C@H]1OC[C@H]2O[N+](=O)[O-]. The zero-order valence-electron chi connectivity index (χ0n) is 10.7. The number of rotatable bonds is 4. The first kappa shape index (κ1) is 13.5. The Morgan fingerprint density at radius 1 is 1.35 bits per heavy atom. The predicted molar refractivity (Wildman–Crippen MR) is 62.5 cm³/mol. The van der Waals surface area contributed by atoms with Gasteiger partial charge in [0.1, 0.15) is 18.2 Å². The third-order valence-corrected chi connectivity index (χ3v) is 4.21. The Morgan fingerprint density at radius 2 is 2.10 bits per heavy atom. The van der Waals surface area contributed by atoms with Gasteiger partial charge in [0.2, 0.25) is 0 Å². The lowest BCUT2D eigenvalue weighted by Gasteiger charge is -2.30. The number of fused-ring (bicyclic) bond motifs is 1. The molecule has 0 bridgehead atoms. The van der Waals surface area contributed by atoms with E-state index in [-0.39, 0.29) is 18.8 Å². The van der Waals surface area contributed by atoms with Crippen LogP contribution < -0.4 is 0 Å². The van der Waals surface area contributed by atoms with Crippen molar-refractivity contribution in [2.45, 2.75) is 43.2 Å². The monoisotopic (exact) mass is 288 g/mol. The van der Waals surface area contributed by atoms with Gasteiger partial charge in [-0.05, 0) is 19.4 Å². The highest BCUT2D eigenvalue weighted by Crippen LogP contribution is 2.34. The fourth-order valence-corrected chi connectivity index (χ4v) is 3.38. The molecule has 0 spiro atoms. The molecule has 0 unspecified atom stereocenters. The van der Waals surface area contributed by atoms with Crippen molar-refractivity contribution in [3.05, 3.63) is 10.1 Å². The third kappa shape index (κ3) is 2.21. The smallest absolute Gasteiger partial charge is 0.320 e. The number of aliphatic carboxylic acids is 1. The van der Waals surface area contributed by atoms with E-state index in [0.717, 1.165) is 6.42 Å². The van der Waals surface area contributed by atoms with E-state index in [1.165, 1.54) is 0 Å². The zero-order chi connectivity index (χ0) is 14.3. The van der Waals surface area contributed by atoms with Crippen molar-refractivity contribution < 1.29 is 29.3 Å². The normalized spacial score (nSPS) is 40.7. The van der Waals surface area contributed by atoms with Gasteiger partial charge in [0.15, 0.2) is 6.10 Å². The molecule has 0 aromatic carbocycles. The molecule has 9 heteroatoms. The van der Waals surface area contributed by atoms with Crippen LogP contribution in [0.3, 0.4) is 0 Å². The van der Waals surface area contributed by atoms with Crippen LogP contribution in [0.2, 0.25) is 0 Å². The highest BCUT2D eigenvalue weighted by molar-refractivity contribution is 5.73. The molecular weight excluding hydrogens is 272 g/mol. The van der Waals surface area contributed by atoms with Gasteiger partial charge >= 0.3 is 5.97 Å². The molecule has 0 radical (unpaired) electrons. The van der Waals surface area contributed by atoms with E-state index >= 15 is 0 Å². The van der Waals surface area contributed by atoms with Crippen molar-refractivity contribution in [3.63, 3.8) is 0 Å². The van der Waals surface area contributed by atoms with Gasteiger partial charge in [0.05, 0.1) is 19.3 Å². The molecule has 0 amide bonds.